The minimum Gasteiger partial charge on any atom is -0.379 e. The first kappa shape index (κ1) is 17.6. The molecule has 0 bridgehead atoms. The lowest BCUT2D eigenvalue weighted by atomic mass is 10.0. The number of hydrogen-bond donors (Lipinski definition) is 2. The van der Waals surface area contributed by atoms with E-state index in [0.29, 0.717) is 17.6 Å². The Morgan fingerprint density at radius 3 is 2.61 bits per heavy atom. The van der Waals surface area contributed by atoms with Crippen LogP contribution in [0.15, 0.2) is 17.0 Å². The predicted octanol–water partition coefficient (Wildman–Crippen LogP) is 1.80. The van der Waals surface area contributed by atoms with E-state index in [2.05, 4.69) is 37.0 Å². The van der Waals surface area contributed by atoms with Gasteiger partial charge in [0, 0.05) is 36.9 Å². The first-order valence-corrected chi connectivity index (χ1v) is 10.1. The molecule has 9 heteroatoms. The van der Waals surface area contributed by atoms with E-state index in [-0.39, 0.29) is 5.82 Å². The molecule has 5 rings (SSSR count). The van der Waals surface area contributed by atoms with Crippen molar-refractivity contribution in [3.8, 4) is 11.5 Å². The van der Waals surface area contributed by atoms with Crippen LogP contribution in [-0.2, 0) is 13.1 Å². The van der Waals surface area contributed by atoms with Crippen LogP contribution >= 0.6 is 0 Å². The number of nitrogens with one attached hydrogen (secondary N) is 1. The first-order valence-electron chi connectivity index (χ1n) is 10.1. The van der Waals surface area contributed by atoms with Crippen LogP contribution in [0.5, 0.6) is 0 Å². The molecule has 3 aromatic heterocycles. The zero-order chi connectivity index (χ0) is 19.1. The molecule has 2 aliphatic rings. The summed E-state index contributed by atoms with van der Waals surface area (Å²) in [5.41, 5.74) is 9.51. The Bertz CT molecular complexity index is 968. The monoisotopic (exact) mass is 382 g/mol. The maximum absolute atomic E-state index is 5.91. The molecule has 1 saturated carbocycles. The molecular formula is C19H26N8O. The second-order valence-electron chi connectivity index (χ2n) is 7.84. The topological polar surface area (TPSA) is 111 Å². The number of hydrogen-bond acceptors (Lipinski definition) is 8. The lowest BCUT2D eigenvalue weighted by Crippen LogP contribution is -2.42. The third-order valence-corrected chi connectivity index (χ3v) is 5.80. The van der Waals surface area contributed by atoms with E-state index in [4.69, 9.17) is 15.3 Å². The van der Waals surface area contributed by atoms with E-state index < -0.39 is 0 Å². The third-order valence-electron chi connectivity index (χ3n) is 5.80. The van der Waals surface area contributed by atoms with Crippen LogP contribution in [0, 0.1) is 0 Å². The molecule has 0 spiro atoms. The number of piperidine rings is 1. The van der Waals surface area contributed by atoms with Gasteiger partial charge < -0.3 is 15.6 Å². The van der Waals surface area contributed by atoms with Gasteiger partial charge >= 0.3 is 0 Å². The van der Waals surface area contributed by atoms with Gasteiger partial charge in [0.15, 0.2) is 17.3 Å². The molecule has 28 heavy (non-hydrogen) atoms. The number of likely N-dealkylation sites (tertiary alicyclic amines) is 1. The fourth-order valence-corrected chi connectivity index (χ4v) is 4.20. The number of imidazole rings is 1. The number of rotatable bonds is 6. The van der Waals surface area contributed by atoms with Crippen LogP contribution in [0.3, 0.4) is 0 Å². The summed E-state index contributed by atoms with van der Waals surface area (Å²) in [4.78, 5) is 11.7. The summed E-state index contributed by atoms with van der Waals surface area (Å²) in [5.74, 6) is 0.933. The second kappa shape index (κ2) is 7.14. The molecule has 4 heterocycles. The summed E-state index contributed by atoms with van der Waals surface area (Å²) in [6.45, 7) is 5.93. The summed E-state index contributed by atoms with van der Waals surface area (Å²) in [6.07, 6.45) is 8.87. The third kappa shape index (κ3) is 3.24. The molecule has 0 atom stereocenters. The molecule has 9 nitrogen and oxygen atoms in total. The molecule has 0 aromatic carbocycles. The molecule has 1 aliphatic heterocycles. The van der Waals surface area contributed by atoms with Gasteiger partial charge in [-0.1, -0.05) is 0 Å². The van der Waals surface area contributed by atoms with Crippen LogP contribution in [-0.4, -0.2) is 54.9 Å². The number of nitrogen functional groups attached to an aromatic ring is 1. The molecule has 0 amide bonds. The van der Waals surface area contributed by atoms with Gasteiger partial charge in [-0.25, -0.2) is 9.61 Å². The number of anilines is 1. The van der Waals surface area contributed by atoms with E-state index in [0.717, 1.165) is 43.3 Å². The van der Waals surface area contributed by atoms with Crippen LogP contribution in [0.2, 0.25) is 0 Å². The minimum absolute atomic E-state index is 0.254. The molecule has 0 radical (unpaired) electrons. The Morgan fingerprint density at radius 2 is 1.93 bits per heavy atom. The van der Waals surface area contributed by atoms with Crippen molar-refractivity contribution < 1.29 is 4.63 Å². The summed E-state index contributed by atoms with van der Waals surface area (Å²) in [6, 6.07) is 1.46. The molecule has 1 aliphatic carbocycles. The Labute approximate surface area is 163 Å². The summed E-state index contributed by atoms with van der Waals surface area (Å²) in [7, 11) is 0. The fourth-order valence-electron chi connectivity index (χ4n) is 4.20. The minimum atomic E-state index is 0.254. The second-order valence-corrected chi connectivity index (χ2v) is 7.84. The van der Waals surface area contributed by atoms with Crippen LogP contribution in [0.1, 0.15) is 38.2 Å². The number of nitrogens with zero attached hydrogens (tertiary/aromatic N) is 6. The van der Waals surface area contributed by atoms with Gasteiger partial charge in [0.1, 0.15) is 5.52 Å². The zero-order valence-corrected chi connectivity index (χ0v) is 16.1. The standard InChI is InChI=1S/C19H26N8O/c1-2-27-17-12(11-26-7-5-14(6-8-26)22-13-3-4-13)9-21-10-15(17)23-19(27)16-18(20)25-28-24-16/h9-10,13-14,22H,2-8,11H2,1H3,(H2,20,25). The number of nitrogens with two attached hydrogens (primary N) is 1. The highest BCUT2D eigenvalue weighted by molar-refractivity contribution is 5.83. The summed E-state index contributed by atoms with van der Waals surface area (Å²) < 4.78 is 6.91. The van der Waals surface area contributed by atoms with E-state index >= 15 is 0 Å². The molecule has 1 saturated heterocycles. The zero-order valence-electron chi connectivity index (χ0n) is 16.1. The molecular weight excluding hydrogens is 356 g/mol. The number of aromatic nitrogens is 5. The maximum atomic E-state index is 5.91. The Balaban J connectivity index is 1.40. The van der Waals surface area contributed by atoms with Crippen molar-refractivity contribution in [2.75, 3.05) is 18.8 Å². The molecule has 148 valence electrons. The maximum Gasteiger partial charge on any atom is 0.199 e. The molecule has 3 aromatic rings. The van der Waals surface area contributed by atoms with Gasteiger partial charge in [-0.15, -0.1) is 0 Å². The molecule has 0 unspecified atom stereocenters. The van der Waals surface area contributed by atoms with E-state index in [1.807, 2.05) is 6.20 Å². The van der Waals surface area contributed by atoms with E-state index in [1.165, 1.54) is 31.2 Å². The average Bonchev–Trinajstić information content (AvgIpc) is 3.28. The lowest BCUT2D eigenvalue weighted by Gasteiger charge is -2.32. The highest BCUT2D eigenvalue weighted by atomic mass is 16.6. The number of pyridine rings is 1. The summed E-state index contributed by atoms with van der Waals surface area (Å²) in [5, 5.41) is 11.4. The van der Waals surface area contributed by atoms with Crippen molar-refractivity contribution in [3.05, 3.63) is 18.0 Å². The largest absolute Gasteiger partial charge is 0.379 e. The number of fused-ring (bicyclic) bond motifs is 1. The average molecular weight is 382 g/mol. The van der Waals surface area contributed by atoms with Crippen LogP contribution < -0.4 is 11.1 Å². The first-order chi connectivity index (χ1) is 13.7. The van der Waals surface area contributed by atoms with Crippen molar-refractivity contribution in [2.45, 2.75) is 57.8 Å². The Kier molecular flexibility index (Phi) is 4.48. The molecule has 2 fully saturated rings. The quantitative estimate of drug-likeness (QED) is 0.664. The Morgan fingerprint density at radius 1 is 1.14 bits per heavy atom. The van der Waals surface area contributed by atoms with E-state index in [1.54, 1.807) is 6.20 Å². The van der Waals surface area contributed by atoms with Crippen molar-refractivity contribution in [2.24, 2.45) is 0 Å². The van der Waals surface area contributed by atoms with Gasteiger partial charge in [-0.2, -0.15) is 0 Å². The fraction of sp³-hybridized carbons (Fsp3) is 0.579. The SMILES string of the molecule is CCn1c(-c2nonc2N)nc2cncc(CN3CCC(NC4CC4)CC3)c21. The van der Waals surface area contributed by atoms with E-state index in [9.17, 15) is 0 Å². The highest BCUT2D eigenvalue weighted by Crippen LogP contribution is 2.29. The van der Waals surface area contributed by atoms with Crippen molar-refractivity contribution in [1.29, 1.82) is 0 Å². The van der Waals surface area contributed by atoms with Crippen molar-refractivity contribution in [3.63, 3.8) is 0 Å². The smallest absolute Gasteiger partial charge is 0.199 e. The van der Waals surface area contributed by atoms with Crippen molar-refractivity contribution in [1.82, 2.24) is 35.1 Å². The molecule has 3 N–H and O–H groups in total. The van der Waals surface area contributed by atoms with Crippen molar-refractivity contribution >= 4 is 16.9 Å². The predicted molar refractivity (Wildman–Crippen MR) is 105 cm³/mol. The van der Waals surface area contributed by atoms with Gasteiger partial charge in [0.05, 0.1) is 11.7 Å². The number of aryl methyl sites for hydroxylation is 1. The summed E-state index contributed by atoms with van der Waals surface area (Å²) >= 11 is 0. The van der Waals surface area contributed by atoms with Gasteiger partial charge in [0.2, 0.25) is 0 Å². The normalized spacial score (nSPS) is 18.9. The van der Waals surface area contributed by atoms with Crippen LogP contribution in [0.4, 0.5) is 5.82 Å². The van der Waals surface area contributed by atoms with Gasteiger partial charge in [0.25, 0.3) is 0 Å². The van der Waals surface area contributed by atoms with Crippen LogP contribution in [0.25, 0.3) is 22.6 Å². The van der Waals surface area contributed by atoms with Gasteiger partial charge in [-0.3, -0.25) is 9.88 Å². The highest BCUT2D eigenvalue weighted by Gasteiger charge is 2.27. The lowest BCUT2D eigenvalue weighted by molar-refractivity contribution is 0.190. The van der Waals surface area contributed by atoms with Gasteiger partial charge in [-0.05, 0) is 56.0 Å². The Hall–Kier alpha value is -2.52.